The molecule has 0 aromatic rings. The topological polar surface area (TPSA) is 310 Å². The molecule has 0 heterocycles. The predicted octanol–water partition coefficient (Wildman–Crippen LogP) is -4.95. The van der Waals surface area contributed by atoms with E-state index in [9.17, 15) is 42.8 Å². The largest absolute Gasteiger partial charge is 2.00 e. The summed E-state index contributed by atoms with van der Waals surface area (Å²) < 4.78 is 121. The van der Waals surface area contributed by atoms with Crippen molar-refractivity contribution in [3.05, 3.63) is 0 Å². The van der Waals surface area contributed by atoms with Gasteiger partial charge in [0.15, 0.2) is 0 Å². The molecule has 0 aliphatic heterocycles. The first kappa shape index (κ1) is 31.9. The van der Waals surface area contributed by atoms with Crippen molar-refractivity contribution < 1.29 is 84.8 Å². The first-order chi connectivity index (χ1) is 9.41. The second-order valence-corrected chi connectivity index (χ2v) is 5.97. The van der Waals surface area contributed by atoms with Crippen LogP contribution >= 0.6 is 0 Å². The van der Waals surface area contributed by atoms with E-state index in [0.717, 1.165) is 0 Å². The Kier molecular flexibility index (Phi) is 16.6. The Labute approximate surface area is 149 Å². The van der Waals surface area contributed by atoms with Crippen molar-refractivity contribution >= 4 is 64.6 Å². The molecule has 24 heavy (non-hydrogen) atoms. The molecule has 0 spiro atoms. The molecule has 0 saturated heterocycles. The Bertz CT molecular complexity index is 585. The van der Waals surface area contributed by atoms with Gasteiger partial charge >= 0.3 is 43.9 Å². The van der Waals surface area contributed by atoms with E-state index in [0.29, 0.717) is 0 Å². The van der Waals surface area contributed by atoms with Crippen LogP contribution in [0.5, 0.6) is 0 Å². The van der Waals surface area contributed by atoms with Gasteiger partial charge in [-0.3, -0.25) is 9.11 Å². The molecule has 0 rings (SSSR count). The van der Waals surface area contributed by atoms with E-state index >= 15 is 0 Å². The molecule has 19 nitrogen and oxygen atoms in total. The van der Waals surface area contributed by atoms with Gasteiger partial charge in [0.1, 0.15) is 0 Å². The molecule has 0 radical (unpaired) electrons. The summed E-state index contributed by atoms with van der Waals surface area (Å²) in [7, 11) is -20.4. The maximum Gasteiger partial charge on any atom is 2.00 e. The van der Waals surface area contributed by atoms with Gasteiger partial charge in [0.05, 0.1) is 0 Å². The fourth-order valence-corrected chi connectivity index (χ4v) is 0.619. The molecule has 24 heteroatoms. The summed E-state index contributed by atoms with van der Waals surface area (Å²) in [4.78, 5) is 0. The molecule has 0 atom stereocenters. The minimum Gasteiger partial charge on any atom is -0.724 e. The summed E-state index contributed by atoms with van der Waals surface area (Å²) in [5, 5.41) is 5.65. The van der Waals surface area contributed by atoms with Crippen LogP contribution in [0.15, 0.2) is 0 Å². The average Bonchev–Trinajstić information content (AvgIpc) is 2.08. The van der Waals surface area contributed by atoms with Crippen LogP contribution in [0.1, 0.15) is 0 Å². The van der Waals surface area contributed by atoms with Gasteiger partial charge in [-0.2, -0.15) is 16.8 Å². The number of hydrogen-bond acceptors (Lipinski definition) is 16. The molecule has 4 N–H and O–H groups in total. The van der Waals surface area contributed by atoms with Gasteiger partial charge in [-0.15, -0.1) is 0 Å². The van der Waals surface area contributed by atoms with E-state index in [1.54, 1.807) is 0 Å². The molecule has 0 bridgehead atoms. The second kappa shape index (κ2) is 12.5. The maximum atomic E-state index is 9.55. The van der Waals surface area contributed by atoms with E-state index < -0.39 is 41.6 Å². The van der Waals surface area contributed by atoms with Crippen LogP contribution in [0.2, 0.25) is 0 Å². The van der Waals surface area contributed by atoms with Crippen molar-refractivity contribution in [1.29, 1.82) is 0 Å². The Morgan fingerprint density at radius 3 is 0.917 bits per heavy atom. The van der Waals surface area contributed by atoms with Gasteiger partial charge in [-0.25, -0.2) is 16.8 Å². The third-order valence-corrected chi connectivity index (χ3v) is 1.35. The zero-order chi connectivity index (χ0) is 18.2. The molecule has 0 fully saturated rings. The molecule has 0 aliphatic carbocycles. The van der Waals surface area contributed by atoms with Crippen LogP contribution in [0.3, 0.4) is 0 Å². The van der Waals surface area contributed by atoms with Crippen molar-refractivity contribution in [3.63, 3.8) is 0 Å². The van der Waals surface area contributed by atoms with E-state index in [1.807, 2.05) is 0 Å². The molecule has 0 amide bonds. The van der Waals surface area contributed by atoms with Crippen molar-refractivity contribution in [2.24, 2.45) is 0 Å². The molecule has 0 aliphatic rings. The zero-order valence-corrected chi connectivity index (χ0v) is 14.9. The normalized spacial score (nSPS) is 12.2. The summed E-state index contributed by atoms with van der Waals surface area (Å²) in [5.41, 5.74) is 0. The SMILES string of the molecule is O.O=S(=O)([O-])OOOS(=O)(=O)O.O=S(=O)([O-])OOOS(=O)(=O)O.[Mg+2]. The molecule has 0 saturated carbocycles. The van der Waals surface area contributed by atoms with Crippen molar-refractivity contribution in [3.8, 4) is 0 Å². The molecule has 0 aromatic heterocycles. The van der Waals surface area contributed by atoms with Gasteiger partial charge in [0.25, 0.3) is 0 Å². The van der Waals surface area contributed by atoms with Crippen LogP contribution < -0.4 is 0 Å². The summed E-state index contributed by atoms with van der Waals surface area (Å²) in [6.45, 7) is 0. The van der Waals surface area contributed by atoms with Crippen molar-refractivity contribution in [2.45, 2.75) is 0 Å². The average molecular weight is 461 g/mol. The summed E-state index contributed by atoms with van der Waals surface area (Å²) in [6, 6.07) is 0. The number of hydrogen-bond donors (Lipinski definition) is 2. The fraction of sp³-hybridized carbons (Fsp3) is 0. The minimum atomic E-state index is -5.22. The third-order valence-electron chi connectivity index (χ3n) is 0.450. The molecular formula is H4MgO19S4. The van der Waals surface area contributed by atoms with Crippen LogP contribution in [-0.4, -0.2) is 80.4 Å². The fourth-order valence-electron chi connectivity index (χ4n) is 0.161. The Balaban J connectivity index is -0.000000154. The first-order valence-corrected chi connectivity index (χ1v) is 8.76. The molecule has 0 aromatic carbocycles. The van der Waals surface area contributed by atoms with Gasteiger partial charge in [-0.1, -0.05) is 17.3 Å². The maximum absolute atomic E-state index is 9.55. The van der Waals surface area contributed by atoms with Gasteiger partial charge in [-0.05, 0) is 10.1 Å². The molecule has 144 valence electrons. The Morgan fingerprint density at radius 1 is 0.583 bits per heavy atom. The van der Waals surface area contributed by atoms with Gasteiger partial charge < -0.3 is 14.6 Å². The second-order valence-electron chi connectivity index (χ2n) is 2.08. The van der Waals surface area contributed by atoms with Crippen molar-refractivity contribution in [2.75, 3.05) is 0 Å². The van der Waals surface area contributed by atoms with Gasteiger partial charge in [0.2, 0.25) is 20.8 Å². The van der Waals surface area contributed by atoms with Crippen LogP contribution in [0.4, 0.5) is 0 Å². The van der Waals surface area contributed by atoms with Gasteiger partial charge in [0, 0.05) is 0 Å². The molecule has 0 unspecified atom stereocenters. The van der Waals surface area contributed by atoms with Crippen LogP contribution in [0.25, 0.3) is 0 Å². The summed E-state index contributed by atoms with van der Waals surface area (Å²) >= 11 is 0. The monoisotopic (exact) mass is 460 g/mol. The van der Waals surface area contributed by atoms with Crippen LogP contribution in [-0.2, 0) is 69.0 Å². The Hall–Kier alpha value is 0.126. The standard InChI is InChI=1S/Mg.2H2O9S2.H2O/c;2*1-10(2,3)8-7-9-11(4,5)6;/h;2*(H,1,2,3)(H,4,5,6);1H2/q+2;;;/p-2. The van der Waals surface area contributed by atoms with E-state index in [2.05, 4.69) is 27.4 Å². The summed E-state index contributed by atoms with van der Waals surface area (Å²) in [5.74, 6) is 0. The summed E-state index contributed by atoms with van der Waals surface area (Å²) in [6.07, 6.45) is 0. The van der Waals surface area contributed by atoms with Crippen LogP contribution in [0, 0.1) is 0 Å². The number of rotatable bonds is 8. The minimum absolute atomic E-state index is 0. The van der Waals surface area contributed by atoms with E-state index in [4.69, 9.17) is 9.11 Å². The molecular weight excluding hydrogens is 457 g/mol. The van der Waals surface area contributed by atoms with E-state index in [1.165, 1.54) is 0 Å². The smallest absolute Gasteiger partial charge is 0.724 e. The Morgan fingerprint density at radius 2 is 0.792 bits per heavy atom. The zero-order valence-electron chi connectivity index (χ0n) is 10.3. The third kappa shape index (κ3) is 38.0. The van der Waals surface area contributed by atoms with E-state index in [-0.39, 0.29) is 28.5 Å². The quantitative estimate of drug-likeness (QED) is 0.112. The first-order valence-electron chi connectivity index (χ1n) is 3.37. The predicted molar refractivity (Wildman–Crippen MR) is 58.4 cm³/mol. The van der Waals surface area contributed by atoms with Crippen molar-refractivity contribution in [1.82, 2.24) is 0 Å².